The Balaban J connectivity index is 0.000000110. The lowest BCUT2D eigenvalue weighted by molar-refractivity contribution is 0.494. The van der Waals surface area contributed by atoms with Gasteiger partial charge >= 0.3 is 0 Å². The Hall–Kier alpha value is -11.4. The topological polar surface area (TPSA) is 207 Å². The molecule has 5 unspecified atom stereocenters. The van der Waals surface area contributed by atoms with Gasteiger partial charge in [-0.2, -0.15) is 0 Å². The Labute approximate surface area is 696 Å². The number of hydrogen-bond donors (Lipinski definition) is 0. The molecule has 0 saturated carbocycles. The van der Waals surface area contributed by atoms with E-state index >= 15 is 0 Å². The number of benzene rings is 4. The molecule has 20 rings (SSSR count). The molecular weight excluding hydrogens is 1520 g/mol. The van der Waals surface area contributed by atoms with Crippen molar-refractivity contribution in [1.82, 2.24) is 54.8 Å². The van der Waals surface area contributed by atoms with Gasteiger partial charge in [0, 0.05) is 85.2 Å². The summed E-state index contributed by atoms with van der Waals surface area (Å²) < 4.78 is 43.6. The summed E-state index contributed by atoms with van der Waals surface area (Å²) in [4.78, 5) is 49.4. The highest BCUT2D eigenvalue weighted by Gasteiger charge is 2.30. The summed E-state index contributed by atoms with van der Waals surface area (Å²) in [6.45, 7) is 6.17. The number of halogens is 4. The molecule has 0 saturated heterocycles. The van der Waals surface area contributed by atoms with Crippen LogP contribution in [-0.2, 0) is 64.2 Å². The van der Waals surface area contributed by atoms with E-state index in [4.69, 9.17) is 61.9 Å². The summed E-state index contributed by atoms with van der Waals surface area (Å²) in [7, 11) is 0. The van der Waals surface area contributed by atoms with Crippen LogP contribution in [-0.4, -0.2) is 54.8 Å². The fraction of sp³-hybridized carbons (Fsp3) is 0.289. The van der Waals surface area contributed by atoms with Crippen LogP contribution in [0.5, 0.6) is 0 Å². The summed E-state index contributed by atoms with van der Waals surface area (Å²) in [6.07, 6.45) is 29.9. The maximum atomic E-state index is 13.7. The van der Waals surface area contributed by atoms with Gasteiger partial charge < -0.3 is 22.1 Å². The molecule has 0 amide bonds. The third kappa shape index (κ3) is 19.8. The van der Waals surface area contributed by atoms with Crippen LogP contribution in [0.3, 0.4) is 0 Å². The molecule has 0 aliphatic heterocycles. The van der Waals surface area contributed by atoms with E-state index in [2.05, 4.69) is 124 Å². The predicted molar refractivity (Wildman–Crippen MR) is 455 cm³/mol. The number of fused-ring (bicyclic) bond motifs is 5. The van der Waals surface area contributed by atoms with Crippen molar-refractivity contribution in [2.24, 2.45) is 0 Å². The summed E-state index contributed by atoms with van der Waals surface area (Å²) >= 11 is 19.1. The lowest BCUT2D eigenvalue weighted by Gasteiger charge is -2.16. The zero-order valence-electron chi connectivity index (χ0n) is 65.9. The van der Waals surface area contributed by atoms with E-state index in [0.29, 0.717) is 59.0 Å². The molecule has 15 aromatic rings. The van der Waals surface area contributed by atoms with Gasteiger partial charge in [-0.25, -0.2) is 29.3 Å². The van der Waals surface area contributed by atoms with E-state index in [1.165, 1.54) is 27.8 Å². The van der Waals surface area contributed by atoms with Crippen molar-refractivity contribution < 1.29 is 26.5 Å². The van der Waals surface area contributed by atoms with Crippen molar-refractivity contribution in [2.75, 3.05) is 0 Å². The molecule has 11 heterocycles. The molecule has 5 atom stereocenters. The standard InChI is InChI=1S/C20H19ClN2O.C20H19FN2O.C20H20N2O.C19H17ClN2O.C18H16ClN3O/c1-13-5-8-15(16(21)12-13)14-6-9-17-19(10-7-14)24-20(23-17)18-4-2-3-11-22-18;1-13-10-15(12-16(21)11-13)14-5-7-17-19(8-6-14)24-20(23-17)18-4-2-3-9-22-18;1-14-5-4-6-16(13-14)15-8-10-17-19(11-9-15)23-20(22-17)18-7-2-3-12-21-18;20-15-6-2-1-5-14(15)13-8-10-16-18(11-9-13)23-19(22-16)17-7-3-4-12-21-17;19-13-4-3-11-21-17(13)12-6-8-14-16(9-7-12)23-18(22-14)15-5-1-2-10-20-15/h2-5,8,11-12,14H,6-7,9-10H2,1H3;2-4,9-12,14H,5-8H2,1H3;2-7,12-13,15H,8-11H2,1H3;1-7,12-13H,8-11H2;1-5,10-12H,6-9H2. The lowest BCUT2D eigenvalue weighted by Crippen LogP contribution is -2.03. The molecule has 0 radical (unpaired) electrons. The van der Waals surface area contributed by atoms with Crippen molar-refractivity contribution in [3.8, 4) is 57.9 Å². The van der Waals surface area contributed by atoms with Gasteiger partial charge in [-0.3, -0.25) is 29.9 Å². The Kier molecular flexibility index (Phi) is 25.6. The number of aromatic nitrogens is 11. The second-order valence-corrected chi connectivity index (χ2v) is 32.0. The number of nitrogens with zero attached hydrogens (tertiary/aromatic N) is 11. The molecule has 4 aromatic carbocycles. The minimum Gasteiger partial charge on any atom is -0.440 e. The molecule has 592 valence electrons. The lowest BCUT2D eigenvalue weighted by atomic mass is 9.90. The van der Waals surface area contributed by atoms with Crippen LogP contribution in [0.15, 0.2) is 247 Å². The largest absolute Gasteiger partial charge is 0.440 e. The Morgan fingerprint density at radius 3 is 1.01 bits per heavy atom. The molecule has 0 bridgehead atoms. The monoisotopic (exact) mass is 1610 g/mol. The van der Waals surface area contributed by atoms with Crippen LogP contribution < -0.4 is 0 Å². The number of hydrogen-bond acceptors (Lipinski definition) is 16. The number of rotatable bonds is 10. The normalized spacial score (nSPS) is 17.4. The summed E-state index contributed by atoms with van der Waals surface area (Å²) in [5.41, 5.74) is 18.8. The van der Waals surface area contributed by atoms with Gasteiger partial charge in [-0.05, 0) is 271 Å². The first-order valence-electron chi connectivity index (χ1n) is 40.8. The van der Waals surface area contributed by atoms with Crippen molar-refractivity contribution >= 4 is 34.8 Å². The third-order valence-corrected chi connectivity index (χ3v) is 23.7. The first-order chi connectivity index (χ1) is 57.3. The van der Waals surface area contributed by atoms with E-state index in [9.17, 15) is 4.39 Å². The van der Waals surface area contributed by atoms with Crippen LogP contribution >= 0.6 is 34.8 Å². The minimum atomic E-state index is -0.151. The zero-order valence-corrected chi connectivity index (χ0v) is 68.1. The van der Waals surface area contributed by atoms with Crippen molar-refractivity contribution in [2.45, 2.75) is 179 Å². The van der Waals surface area contributed by atoms with Crippen LogP contribution in [0.4, 0.5) is 4.39 Å². The van der Waals surface area contributed by atoms with E-state index in [1.54, 1.807) is 49.3 Å². The molecule has 5 aliphatic carbocycles. The number of aryl methyl sites for hydroxylation is 13. The number of pyridine rings is 6. The van der Waals surface area contributed by atoms with E-state index in [1.807, 2.05) is 122 Å². The van der Waals surface area contributed by atoms with E-state index in [0.717, 1.165) is 246 Å². The number of oxazole rings is 5. The second-order valence-electron chi connectivity index (χ2n) is 30.8. The third-order valence-electron chi connectivity index (χ3n) is 22.7. The fourth-order valence-corrected chi connectivity index (χ4v) is 17.6. The molecule has 5 aliphatic rings. The average Bonchev–Trinajstić information content (AvgIpc) is 1.70. The zero-order chi connectivity index (χ0) is 80.0. The van der Waals surface area contributed by atoms with Crippen molar-refractivity contribution in [1.29, 1.82) is 0 Å². The highest BCUT2D eigenvalue weighted by atomic mass is 35.5. The van der Waals surface area contributed by atoms with Gasteiger partial charge in [-0.1, -0.05) is 131 Å². The molecule has 11 aromatic heterocycles. The quantitative estimate of drug-likeness (QED) is 0.117. The molecule has 20 heteroatoms. The SMILES string of the molecule is Cc1cc(F)cc(C2CCc3nc(-c4ccccn4)oc3CC2)c1.Cc1ccc(C2CCc3nc(-c4ccccn4)oc3CC2)c(Cl)c1.Cc1cccc(C2CCc3nc(-c4ccccn4)oc3CC2)c1.Clc1ccccc1C1CCc2nc(-c3ccccn3)oc2CC1.Clc1cccnc1C1CCc2nc(-c3ccccn3)oc2CC1. The fourth-order valence-electron chi connectivity index (χ4n) is 16.6. The average molecular weight is 1620 g/mol. The highest BCUT2D eigenvalue weighted by Crippen LogP contribution is 2.42. The smallest absolute Gasteiger partial charge is 0.245 e. The van der Waals surface area contributed by atoms with E-state index < -0.39 is 0 Å². The predicted octanol–water partition coefficient (Wildman–Crippen LogP) is 24.4. The second kappa shape index (κ2) is 37.7. The molecular formula is C97H91Cl3FN11O5. The van der Waals surface area contributed by atoms with Crippen molar-refractivity contribution in [3.63, 3.8) is 0 Å². The van der Waals surface area contributed by atoms with Crippen LogP contribution in [0.1, 0.15) is 196 Å². The van der Waals surface area contributed by atoms with Gasteiger partial charge in [0.15, 0.2) is 0 Å². The molecule has 0 fully saturated rings. The maximum absolute atomic E-state index is 13.7. The molecule has 0 N–H and O–H groups in total. The summed E-state index contributed by atoms with van der Waals surface area (Å²) in [5.74, 6) is 10.2. The van der Waals surface area contributed by atoms with Crippen LogP contribution in [0.25, 0.3) is 57.9 Å². The summed E-state index contributed by atoms with van der Waals surface area (Å²) in [6, 6.07) is 61.3. The molecule has 0 spiro atoms. The summed E-state index contributed by atoms with van der Waals surface area (Å²) in [5, 5.41) is 2.48. The van der Waals surface area contributed by atoms with Crippen LogP contribution in [0, 0.1) is 26.6 Å². The molecule has 16 nitrogen and oxygen atoms in total. The first kappa shape index (κ1) is 79.5. The maximum Gasteiger partial charge on any atom is 0.245 e. The van der Waals surface area contributed by atoms with Gasteiger partial charge in [0.25, 0.3) is 0 Å². The highest BCUT2D eigenvalue weighted by molar-refractivity contribution is 6.32. The van der Waals surface area contributed by atoms with E-state index in [-0.39, 0.29) is 5.82 Å². The van der Waals surface area contributed by atoms with Gasteiger partial charge in [0.2, 0.25) is 29.5 Å². The van der Waals surface area contributed by atoms with Crippen molar-refractivity contribution in [3.05, 3.63) is 348 Å². The Bertz CT molecular complexity index is 5510. The van der Waals surface area contributed by atoms with Gasteiger partial charge in [0.05, 0.1) is 39.2 Å². The first-order valence-corrected chi connectivity index (χ1v) is 41.9. The Morgan fingerprint density at radius 2 is 0.615 bits per heavy atom. The van der Waals surface area contributed by atoms with Crippen LogP contribution in [0.2, 0.25) is 15.1 Å². The van der Waals surface area contributed by atoms with Gasteiger partial charge in [-0.15, -0.1) is 0 Å². The minimum absolute atomic E-state index is 0.151. The Morgan fingerprint density at radius 1 is 0.274 bits per heavy atom. The van der Waals surface area contributed by atoms with Gasteiger partial charge in [0.1, 0.15) is 63.1 Å². The molecule has 117 heavy (non-hydrogen) atoms.